The summed E-state index contributed by atoms with van der Waals surface area (Å²) >= 11 is 4.93. The Labute approximate surface area is 204 Å². The summed E-state index contributed by atoms with van der Waals surface area (Å²) in [5, 5.41) is 3.54. The van der Waals surface area contributed by atoms with Crippen molar-refractivity contribution >= 4 is 38.3 Å². The Morgan fingerprint density at radius 1 is 0.667 bits per heavy atom. The van der Waals surface area contributed by atoms with Gasteiger partial charge in [0.1, 0.15) is 0 Å². The number of hydrogen-bond donors (Lipinski definition) is 1. The monoisotopic (exact) mass is 510 g/mol. The number of benzene rings is 4. The first kappa shape index (κ1) is 21.3. The molecule has 0 spiro atoms. The summed E-state index contributed by atoms with van der Waals surface area (Å²) in [6.45, 7) is 0. The number of thiazole rings is 1. The van der Waals surface area contributed by atoms with Crippen LogP contribution in [0, 0.1) is 0 Å². The summed E-state index contributed by atoms with van der Waals surface area (Å²) in [6, 6.07) is 36.2. The fourth-order valence-electron chi connectivity index (χ4n) is 3.62. The molecule has 0 atom stereocenters. The van der Waals surface area contributed by atoms with Crippen LogP contribution in [-0.2, 0) is 0 Å². The molecule has 0 fully saturated rings. The number of carbonyl (C=O) groups is 1. The van der Waals surface area contributed by atoms with Crippen LogP contribution in [0.3, 0.4) is 0 Å². The Kier molecular flexibility index (Phi) is 6.15. The van der Waals surface area contributed by atoms with Crippen LogP contribution in [0.5, 0.6) is 0 Å². The van der Waals surface area contributed by atoms with Crippen LogP contribution in [-0.4, -0.2) is 10.9 Å². The minimum absolute atomic E-state index is 0.193. The second kappa shape index (κ2) is 9.53. The van der Waals surface area contributed by atoms with Gasteiger partial charge >= 0.3 is 0 Å². The molecule has 5 heteroatoms. The largest absolute Gasteiger partial charge is 0.298 e. The van der Waals surface area contributed by atoms with Gasteiger partial charge in [-0.3, -0.25) is 10.1 Å². The Balaban J connectivity index is 1.52. The Hall–Kier alpha value is -3.54. The molecule has 1 aromatic heterocycles. The molecule has 0 aliphatic rings. The molecular weight excluding hydrogens is 492 g/mol. The molecule has 5 rings (SSSR count). The van der Waals surface area contributed by atoms with Gasteiger partial charge in [-0.05, 0) is 44.8 Å². The van der Waals surface area contributed by atoms with E-state index in [2.05, 4.69) is 57.6 Å². The third-order valence-electron chi connectivity index (χ3n) is 5.27. The summed E-state index contributed by atoms with van der Waals surface area (Å²) in [5.41, 5.74) is 5.84. The predicted molar refractivity (Wildman–Crippen MR) is 141 cm³/mol. The number of carbonyl (C=O) groups excluding carboxylic acids is 1. The Morgan fingerprint density at radius 2 is 1.21 bits per heavy atom. The number of aromatic nitrogens is 1. The van der Waals surface area contributed by atoms with E-state index in [1.165, 1.54) is 16.9 Å². The van der Waals surface area contributed by atoms with Crippen LogP contribution >= 0.6 is 27.3 Å². The highest BCUT2D eigenvalue weighted by molar-refractivity contribution is 9.10. The van der Waals surface area contributed by atoms with Crippen molar-refractivity contribution in [3.8, 4) is 32.8 Å². The quantitative estimate of drug-likeness (QED) is 0.259. The van der Waals surface area contributed by atoms with E-state index >= 15 is 0 Å². The summed E-state index contributed by atoms with van der Waals surface area (Å²) in [6.07, 6.45) is 0. The van der Waals surface area contributed by atoms with E-state index in [4.69, 9.17) is 4.98 Å². The van der Waals surface area contributed by atoms with Gasteiger partial charge in [0.25, 0.3) is 5.91 Å². The second-order valence-electron chi connectivity index (χ2n) is 7.44. The topological polar surface area (TPSA) is 42.0 Å². The van der Waals surface area contributed by atoms with Gasteiger partial charge in [0.05, 0.1) is 16.1 Å². The van der Waals surface area contributed by atoms with Gasteiger partial charge in [-0.2, -0.15) is 0 Å². The van der Waals surface area contributed by atoms with Crippen molar-refractivity contribution in [2.75, 3.05) is 5.32 Å². The van der Waals surface area contributed by atoms with Gasteiger partial charge in [-0.1, -0.05) is 108 Å². The summed E-state index contributed by atoms with van der Waals surface area (Å²) < 4.78 is 0.749. The molecular formula is C28H19BrN2OS. The lowest BCUT2D eigenvalue weighted by Gasteiger charge is -2.05. The maximum absolute atomic E-state index is 12.9. The van der Waals surface area contributed by atoms with Crippen molar-refractivity contribution in [3.05, 3.63) is 119 Å². The molecule has 0 aliphatic heterocycles. The van der Waals surface area contributed by atoms with Crippen molar-refractivity contribution in [1.82, 2.24) is 4.98 Å². The van der Waals surface area contributed by atoms with E-state index in [-0.39, 0.29) is 5.91 Å². The molecule has 3 nitrogen and oxygen atoms in total. The lowest BCUT2D eigenvalue weighted by atomic mass is 10.0. The lowest BCUT2D eigenvalue weighted by molar-refractivity contribution is 0.102. The molecule has 0 saturated carbocycles. The maximum Gasteiger partial charge on any atom is 0.258 e. The van der Waals surface area contributed by atoms with Crippen LogP contribution in [0.4, 0.5) is 5.13 Å². The number of amides is 1. The van der Waals surface area contributed by atoms with Crippen LogP contribution in [0.2, 0.25) is 0 Å². The SMILES string of the molecule is O=C(Nc1nc(-c2ccccc2)c(-c2ccc(-c3ccccc3)cc2)s1)c1ccccc1Br. The summed E-state index contributed by atoms with van der Waals surface area (Å²) in [7, 11) is 0. The van der Waals surface area contributed by atoms with Crippen LogP contribution in [0.15, 0.2) is 114 Å². The molecule has 4 aromatic carbocycles. The van der Waals surface area contributed by atoms with E-state index in [9.17, 15) is 4.79 Å². The highest BCUT2D eigenvalue weighted by atomic mass is 79.9. The van der Waals surface area contributed by atoms with E-state index in [0.717, 1.165) is 31.7 Å². The van der Waals surface area contributed by atoms with Crippen molar-refractivity contribution in [3.63, 3.8) is 0 Å². The van der Waals surface area contributed by atoms with Crippen LogP contribution in [0.25, 0.3) is 32.8 Å². The summed E-state index contributed by atoms with van der Waals surface area (Å²) in [5.74, 6) is -0.193. The smallest absolute Gasteiger partial charge is 0.258 e. The molecule has 0 saturated heterocycles. The lowest BCUT2D eigenvalue weighted by Crippen LogP contribution is -2.12. The Morgan fingerprint density at radius 3 is 1.88 bits per heavy atom. The standard InChI is InChI=1S/C28H19BrN2OS/c29-24-14-8-7-13-23(24)27(32)31-28-30-25(21-11-5-2-6-12-21)26(33-28)22-17-15-20(16-18-22)19-9-3-1-4-10-19/h1-18H,(H,30,31,32). The van der Waals surface area contributed by atoms with E-state index in [1.807, 2.05) is 66.7 Å². The first-order chi connectivity index (χ1) is 16.2. The average Bonchev–Trinajstić information content (AvgIpc) is 3.29. The van der Waals surface area contributed by atoms with Gasteiger partial charge in [-0.25, -0.2) is 4.98 Å². The highest BCUT2D eigenvalue weighted by Crippen LogP contribution is 2.40. The molecule has 33 heavy (non-hydrogen) atoms. The minimum atomic E-state index is -0.193. The zero-order valence-corrected chi connectivity index (χ0v) is 19.9. The Bertz CT molecular complexity index is 1400. The molecule has 1 amide bonds. The van der Waals surface area contributed by atoms with Crippen molar-refractivity contribution in [2.24, 2.45) is 0 Å². The normalized spacial score (nSPS) is 10.7. The van der Waals surface area contributed by atoms with E-state index < -0.39 is 0 Å². The predicted octanol–water partition coefficient (Wildman–Crippen LogP) is 8.16. The molecule has 1 N–H and O–H groups in total. The number of rotatable bonds is 5. The fraction of sp³-hybridized carbons (Fsp3) is 0. The average molecular weight is 511 g/mol. The molecule has 0 unspecified atom stereocenters. The number of hydrogen-bond acceptors (Lipinski definition) is 3. The third kappa shape index (κ3) is 4.65. The fourth-order valence-corrected chi connectivity index (χ4v) is 5.07. The molecule has 1 heterocycles. The highest BCUT2D eigenvalue weighted by Gasteiger charge is 2.18. The van der Waals surface area contributed by atoms with Crippen LogP contribution in [0.1, 0.15) is 10.4 Å². The van der Waals surface area contributed by atoms with Gasteiger partial charge < -0.3 is 0 Å². The first-order valence-corrected chi connectivity index (χ1v) is 12.1. The molecule has 0 aliphatic carbocycles. The van der Waals surface area contributed by atoms with Crippen LogP contribution < -0.4 is 5.32 Å². The zero-order chi connectivity index (χ0) is 22.6. The number of nitrogens with one attached hydrogen (secondary N) is 1. The van der Waals surface area contributed by atoms with Crippen molar-refractivity contribution < 1.29 is 4.79 Å². The molecule has 0 radical (unpaired) electrons. The minimum Gasteiger partial charge on any atom is -0.298 e. The van der Waals surface area contributed by atoms with Crippen molar-refractivity contribution in [1.29, 1.82) is 0 Å². The van der Waals surface area contributed by atoms with Crippen molar-refractivity contribution in [2.45, 2.75) is 0 Å². The zero-order valence-electron chi connectivity index (χ0n) is 17.5. The maximum atomic E-state index is 12.9. The summed E-state index contributed by atoms with van der Waals surface area (Å²) in [4.78, 5) is 18.7. The second-order valence-corrected chi connectivity index (χ2v) is 9.29. The van der Waals surface area contributed by atoms with Gasteiger partial charge in [0.2, 0.25) is 0 Å². The van der Waals surface area contributed by atoms with E-state index in [1.54, 1.807) is 6.07 Å². The van der Waals surface area contributed by atoms with E-state index in [0.29, 0.717) is 10.7 Å². The molecule has 0 bridgehead atoms. The number of nitrogens with zero attached hydrogens (tertiary/aromatic N) is 1. The molecule has 160 valence electrons. The van der Waals surface area contributed by atoms with Gasteiger partial charge in [-0.15, -0.1) is 0 Å². The number of anilines is 1. The third-order valence-corrected chi connectivity index (χ3v) is 6.98. The molecule has 5 aromatic rings. The van der Waals surface area contributed by atoms with Gasteiger partial charge in [0, 0.05) is 10.0 Å². The first-order valence-electron chi connectivity index (χ1n) is 10.5. The van der Waals surface area contributed by atoms with Gasteiger partial charge in [0.15, 0.2) is 5.13 Å². The number of halogens is 1.